The molecule has 0 saturated carbocycles. The third kappa shape index (κ3) is 5.60. The first-order valence-electron chi connectivity index (χ1n) is 11.9. The molecule has 1 fully saturated rings. The van der Waals surface area contributed by atoms with Crippen molar-refractivity contribution < 1.29 is 19.0 Å². The number of aromatic nitrogens is 3. The van der Waals surface area contributed by atoms with E-state index in [9.17, 15) is 4.79 Å². The number of nitrogens with zero attached hydrogens (tertiary/aromatic N) is 5. The second kappa shape index (κ2) is 11.3. The van der Waals surface area contributed by atoms with Gasteiger partial charge in [-0.1, -0.05) is 23.2 Å². The Morgan fingerprint density at radius 3 is 2.46 bits per heavy atom. The highest BCUT2D eigenvalue weighted by atomic mass is 35.5. The Hall–Kier alpha value is -3.50. The third-order valence-electron chi connectivity index (χ3n) is 6.37. The maximum absolute atomic E-state index is 12.7. The number of benzene rings is 1. The van der Waals surface area contributed by atoms with Gasteiger partial charge in [0.05, 0.1) is 29.4 Å². The largest absolute Gasteiger partial charge is 0.497 e. The molecule has 0 atom stereocenters. The average molecular weight is 545 g/mol. The molecule has 12 heteroatoms. The highest BCUT2D eigenvalue weighted by Crippen LogP contribution is 2.40. The van der Waals surface area contributed by atoms with Crippen LogP contribution in [0.1, 0.15) is 19.3 Å². The maximum Gasteiger partial charge on any atom is 0.415 e. The van der Waals surface area contributed by atoms with Crippen molar-refractivity contribution in [3.05, 3.63) is 53.0 Å². The Balaban J connectivity index is 1.28. The van der Waals surface area contributed by atoms with E-state index in [4.69, 9.17) is 37.4 Å². The fraction of sp³-hybridized carbons (Fsp3) is 0.360. The Morgan fingerprint density at radius 1 is 1.05 bits per heavy atom. The van der Waals surface area contributed by atoms with E-state index >= 15 is 0 Å². The average Bonchev–Trinajstić information content (AvgIpc) is 3.14. The Morgan fingerprint density at radius 2 is 1.76 bits per heavy atom. The van der Waals surface area contributed by atoms with Gasteiger partial charge >= 0.3 is 6.09 Å². The maximum atomic E-state index is 12.7. The predicted octanol–water partition coefficient (Wildman–Crippen LogP) is 5.18. The monoisotopic (exact) mass is 544 g/mol. The zero-order chi connectivity index (χ0) is 25.8. The van der Waals surface area contributed by atoms with E-state index in [0.717, 1.165) is 25.8 Å². The summed E-state index contributed by atoms with van der Waals surface area (Å²) in [6, 6.07) is 7.14. The van der Waals surface area contributed by atoms with Gasteiger partial charge in [0.15, 0.2) is 11.6 Å². The second-order valence-electron chi connectivity index (χ2n) is 8.64. The fourth-order valence-electron chi connectivity index (χ4n) is 4.48. The van der Waals surface area contributed by atoms with Crippen LogP contribution in [0.5, 0.6) is 17.2 Å². The van der Waals surface area contributed by atoms with Crippen molar-refractivity contribution in [1.82, 2.24) is 19.9 Å². The first-order chi connectivity index (χ1) is 18.0. The summed E-state index contributed by atoms with van der Waals surface area (Å²) in [6.07, 6.45) is 6.52. The lowest BCUT2D eigenvalue weighted by Gasteiger charge is -2.38. The summed E-state index contributed by atoms with van der Waals surface area (Å²) in [4.78, 5) is 29.6. The molecule has 4 heterocycles. The van der Waals surface area contributed by atoms with Crippen LogP contribution in [0.3, 0.4) is 0 Å². The van der Waals surface area contributed by atoms with Crippen molar-refractivity contribution in [2.45, 2.75) is 25.3 Å². The molecule has 1 N–H and O–H groups in total. The van der Waals surface area contributed by atoms with Crippen molar-refractivity contribution in [3.63, 3.8) is 0 Å². The number of fused-ring (bicyclic) bond motifs is 1. The molecule has 3 aromatic rings. The molecule has 194 valence electrons. The molecule has 37 heavy (non-hydrogen) atoms. The first kappa shape index (κ1) is 25.2. The van der Waals surface area contributed by atoms with E-state index in [1.807, 2.05) is 0 Å². The summed E-state index contributed by atoms with van der Waals surface area (Å²) >= 11 is 12.6. The quantitative estimate of drug-likeness (QED) is 0.465. The number of rotatable bonds is 5. The summed E-state index contributed by atoms with van der Waals surface area (Å²) in [5.41, 5.74) is 0.502. The normalized spacial score (nSPS) is 15.9. The molecule has 1 saturated heterocycles. The van der Waals surface area contributed by atoms with Crippen molar-refractivity contribution in [2.75, 3.05) is 43.6 Å². The minimum Gasteiger partial charge on any atom is -0.497 e. The van der Waals surface area contributed by atoms with Crippen LogP contribution in [-0.2, 0) is 0 Å². The van der Waals surface area contributed by atoms with Gasteiger partial charge in [-0.25, -0.2) is 14.8 Å². The van der Waals surface area contributed by atoms with Gasteiger partial charge in [0.2, 0.25) is 5.75 Å². The van der Waals surface area contributed by atoms with Gasteiger partial charge < -0.3 is 29.3 Å². The molecule has 2 aliphatic heterocycles. The number of carbonyl (C=O) groups excluding carboxylic acids is 1. The Kier molecular flexibility index (Phi) is 7.66. The lowest BCUT2D eigenvalue weighted by Crippen LogP contribution is -2.48. The number of amides is 1. The van der Waals surface area contributed by atoms with Gasteiger partial charge in [0, 0.05) is 38.1 Å². The number of hydrogen-bond donors (Lipinski definition) is 1. The first-order valence-corrected chi connectivity index (χ1v) is 12.7. The number of likely N-dealkylation sites (tertiary alicyclic amines) is 1. The number of methoxy groups -OCH3 is 1. The Labute approximate surface area is 224 Å². The molecule has 0 radical (unpaired) electrons. The second-order valence-corrected chi connectivity index (χ2v) is 9.45. The van der Waals surface area contributed by atoms with Gasteiger partial charge in [-0.05, 0) is 43.5 Å². The van der Waals surface area contributed by atoms with Gasteiger partial charge in [0.25, 0.3) is 0 Å². The topological polar surface area (TPSA) is 102 Å². The summed E-state index contributed by atoms with van der Waals surface area (Å²) in [6.45, 7) is 2.45. The molecule has 2 aliphatic rings. The number of hydrogen-bond acceptors (Lipinski definition) is 9. The Bertz CT molecular complexity index is 1230. The number of anilines is 3. The summed E-state index contributed by atoms with van der Waals surface area (Å²) < 4.78 is 16.8. The van der Waals surface area contributed by atoms with Crippen LogP contribution in [0.15, 0.2) is 43.0 Å². The molecule has 5 rings (SSSR count). The van der Waals surface area contributed by atoms with Crippen LogP contribution in [0.4, 0.5) is 22.1 Å². The van der Waals surface area contributed by atoms with Crippen molar-refractivity contribution in [1.29, 1.82) is 0 Å². The highest BCUT2D eigenvalue weighted by Gasteiger charge is 2.32. The third-order valence-corrected chi connectivity index (χ3v) is 6.94. The molecule has 10 nitrogen and oxygen atoms in total. The van der Waals surface area contributed by atoms with Crippen LogP contribution in [0, 0.1) is 0 Å². The van der Waals surface area contributed by atoms with E-state index in [1.165, 1.54) is 18.7 Å². The number of carbonyl (C=O) groups is 1. The smallest absolute Gasteiger partial charge is 0.415 e. The number of nitrogens with one attached hydrogen (secondary N) is 1. The number of pyridine rings is 1. The van der Waals surface area contributed by atoms with E-state index in [1.54, 1.807) is 36.3 Å². The molecule has 1 amide bonds. The van der Waals surface area contributed by atoms with Crippen molar-refractivity contribution in [2.24, 2.45) is 0 Å². The van der Waals surface area contributed by atoms with Crippen molar-refractivity contribution >= 4 is 46.6 Å². The lowest BCUT2D eigenvalue weighted by molar-refractivity contribution is 0.138. The van der Waals surface area contributed by atoms with Crippen LogP contribution >= 0.6 is 23.2 Å². The zero-order valence-corrected chi connectivity index (χ0v) is 21.7. The minimum absolute atomic E-state index is 0.182. The standard InChI is InChI=1S/C25H26Cl2N6O4/c1-35-17-3-5-18(6-4-17)37-25(34)32-10-7-16(8-11-32)33-9-2-12-36-22-23(29-15-30-24(22)33)31-21-19(26)13-28-14-20(21)27/h3-6,13-16H,2,7-12H2,1H3,(H,28,29,30,31). The summed E-state index contributed by atoms with van der Waals surface area (Å²) in [5.74, 6) is 2.92. The summed E-state index contributed by atoms with van der Waals surface area (Å²) in [5, 5.41) is 3.94. The SMILES string of the molecule is COc1ccc(OC(=O)N2CCC(N3CCCOc4c(Nc5c(Cl)cncc5Cl)ncnc43)CC2)cc1. The fourth-order valence-corrected chi connectivity index (χ4v) is 4.94. The zero-order valence-electron chi connectivity index (χ0n) is 20.2. The van der Waals surface area contributed by atoms with E-state index < -0.39 is 0 Å². The lowest BCUT2D eigenvalue weighted by atomic mass is 10.0. The van der Waals surface area contributed by atoms with Gasteiger partial charge in [-0.2, -0.15) is 0 Å². The number of ether oxygens (including phenoxy) is 3. The van der Waals surface area contributed by atoms with Gasteiger partial charge in [-0.3, -0.25) is 4.98 Å². The van der Waals surface area contributed by atoms with E-state index in [2.05, 4.69) is 25.2 Å². The van der Waals surface area contributed by atoms with E-state index in [-0.39, 0.29) is 12.1 Å². The molecular weight excluding hydrogens is 519 g/mol. The van der Waals surface area contributed by atoms with Crippen LogP contribution in [0.25, 0.3) is 0 Å². The highest BCUT2D eigenvalue weighted by molar-refractivity contribution is 6.39. The molecule has 0 bridgehead atoms. The van der Waals surface area contributed by atoms with Crippen LogP contribution < -0.4 is 24.4 Å². The molecule has 1 aromatic carbocycles. The molecule has 2 aromatic heterocycles. The number of piperidine rings is 1. The van der Waals surface area contributed by atoms with Gasteiger partial charge in [0.1, 0.15) is 17.8 Å². The van der Waals surface area contributed by atoms with E-state index in [0.29, 0.717) is 64.3 Å². The molecule has 0 unspecified atom stereocenters. The van der Waals surface area contributed by atoms with Crippen molar-refractivity contribution in [3.8, 4) is 17.2 Å². The molecule has 0 spiro atoms. The van der Waals surface area contributed by atoms with Crippen LogP contribution in [0.2, 0.25) is 10.0 Å². The van der Waals surface area contributed by atoms with Crippen LogP contribution in [-0.4, -0.2) is 65.3 Å². The molecular formula is C25H26Cl2N6O4. The summed E-state index contributed by atoms with van der Waals surface area (Å²) in [7, 11) is 1.59. The van der Waals surface area contributed by atoms with Gasteiger partial charge in [-0.15, -0.1) is 0 Å². The minimum atomic E-state index is -0.358. The predicted molar refractivity (Wildman–Crippen MR) is 141 cm³/mol. The molecule has 0 aliphatic carbocycles. The number of halogens is 2.